The molecule has 1 saturated heterocycles. The quantitative estimate of drug-likeness (QED) is 0.536. The molecule has 0 unspecified atom stereocenters. The van der Waals surface area contributed by atoms with Crippen LogP contribution in [-0.4, -0.2) is 42.4 Å². The van der Waals surface area contributed by atoms with Crippen molar-refractivity contribution in [3.8, 4) is 0 Å². The molecule has 5 heteroatoms. The molecule has 0 atom stereocenters. The molecule has 0 spiro atoms. The van der Waals surface area contributed by atoms with Gasteiger partial charge in [-0.1, -0.05) is 0 Å². The van der Waals surface area contributed by atoms with Crippen molar-refractivity contribution >= 4 is 11.8 Å². The highest BCUT2D eigenvalue weighted by Crippen LogP contribution is 2.07. The Morgan fingerprint density at radius 2 is 2.00 bits per heavy atom. The van der Waals surface area contributed by atoms with Gasteiger partial charge in [0.05, 0.1) is 0 Å². The van der Waals surface area contributed by atoms with Gasteiger partial charge in [0.1, 0.15) is 0 Å². The molecule has 1 fully saturated rings. The summed E-state index contributed by atoms with van der Waals surface area (Å²) in [5, 5.41) is 2.49. The van der Waals surface area contributed by atoms with E-state index in [1.165, 1.54) is 0 Å². The summed E-state index contributed by atoms with van der Waals surface area (Å²) in [5.41, 5.74) is 5.69. The van der Waals surface area contributed by atoms with Crippen LogP contribution in [0.25, 0.3) is 0 Å². The van der Waals surface area contributed by atoms with Crippen LogP contribution in [0.3, 0.4) is 0 Å². The zero-order valence-electron chi connectivity index (χ0n) is 8.45. The van der Waals surface area contributed by atoms with Crippen molar-refractivity contribution in [2.45, 2.75) is 25.8 Å². The number of nitrogens with two attached hydrogens (primary N) is 1. The van der Waals surface area contributed by atoms with Gasteiger partial charge in [0, 0.05) is 25.7 Å². The zero-order valence-corrected chi connectivity index (χ0v) is 8.45. The molecule has 0 aliphatic carbocycles. The third-order valence-corrected chi connectivity index (χ3v) is 2.36. The number of hydrogen-bond acceptors (Lipinski definition) is 3. The average molecular weight is 199 g/mol. The lowest BCUT2D eigenvalue weighted by molar-refractivity contribution is -0.146. The molecule has 2 amide bonds. The van der Waals surface area contributed by atoms with Gasteiger partial charge >= 0.3 is 11.8 Å². The van der Waals surface area contributed by atoms with E-state index in [-0.39, 0.29) is 6.04 Å². The molecule has 1 heterocycles. The number of piperidine rings is 1. The van der Waals surface area contributed by atoms with Gasteiger partial charge in [-0.25, -0.2) is 0 Å². The van der Waals surface area contributed by atoms with E-state index in [0.29, 0.717) is 19.6 Å². The first kappa shape index (κ1) is 11.0. The third kappa shape index (κ3) is 2.70. The maximum Gasteiger partial charge on any atom is 0.311 e. The fraction of sp³-hybridized carbons (Fsp3) is 0.778. The second kappa shape index (κ2) is 4.95. The second-order valence-electron chi connectivity index (χ2n) is 3.49. The molecular formula is C9H17N3O2. The van der Waals surface area contributed by atoms with E-state index in [4.69, 9.17) is 5.73 Å². The fourth-order valence-electron chi connectivity index (χ4n) is 1.48. The second-order valence-corrected chi connectivity index (χ2v) is 3.49. The number of carbonyl (C=O) groups excluding carboxylic acids is 2. The molecule has 0 aromatic rings. The molecule has 0 bridgehead atoms. The third-order valence-electron chi connectivity index (χ3n) is 2.36. The number of likely N-dealkylation sites (N-methyl/N-ethyl adjacent to an activating group) is 1. The Hall–Kier alpha value is -1.10. The molecule has 14 heavy (non-hydrogen) atoms. The maximum absolute atomic E-state index is 11.5. The monoisotopic (exact) mass is 199 g/mol. The minimum atomic E-state index is -0.511. The molecule has 1 rings (SSSR count). The lowest BCUT2D eigenvalue weighted by atomic mass is 10.1. The van der Waals surface area contributed by atoms with Crippen LogP contribution < -0.4 is 11.1 Å². The summed E-state index contributed by atoms with van der Waals surface area (Å²) in [5.74, 6) is -0.943. The molecule has 0 radical (unpaired) electrons. The van der Waals surface area contributed by atoms with Crippen molar-refractivity contribution in [1.82, 2.24) is 10.2 Å². The molecule has 0 aromatic heterocycles. The Bertz CT molecular complexity index is 222. The molecule has 80 valence electrons. The topological polar surface area (TPSA) is 75.4 Å². The first-order chi connectivity index (χ1) is 6.65. The summed E-state index contributed by atoms with van der Waals surface area (Å²) >= 11 is 0. The number of nitrogens with one attached hydrogen (secondary N) is 1. The van der Waals surface area contributed by atoms with Crippen LogP contribution >= 0.6 is 0 Å². The smallest absolute Gasteiger partial charge is 0.311 e. The standard InChI is InChI=1S/C9H17N3O2/c1-2-11-8(13)9(14)12-5-3-7(10)4-6-12/h7H,2-6,10H2,1H3,(H,11,13). The normalized spacial score (nSPS) is 18.0. The Kier molecular flexibility index (Phi) is 3.88. The summed E-state index contributed by atoms with van der Waals surface area (Å²) in [6.07, 6.45) is 1.57. The van der Waals surface area contributed by atoms with Crippen LogP contribution in [0.2, 0.25) is 0 Å². The van der Waals surface area contributed by atoms with Gasteiger partial charge in [0.2, 0.25) is 0 Å². The summed E-state index contributed by atoms with van der Waals surface area (Å²) < 4.78 is 0. The van der Waals surface area contributed by atoms with E-state index in [1.807, 2.05) is 0 Å². The van der Waals surface area contributed by atoms with Crippen LogP contribution in [0, 0.1) is 0 Å². The fourth-order valence-corrected chi connectivity index (χ4v) is 1.48. The largest absolute Gasteiger partial charge is 0.348 e. The first-order valence-electron chi connectivity index (χ1n) is 4.97. The van der Waals surface area contributed by atoms with Gasteiger partial charge in [0.25, 0.3) is 0 Å². The molecule has 5 nitrogen and oxygen atoms in total. The Balaban J connectivity index is 2.41. The first-order valence-corrected chi connectivity index (χ1v) is 4.97. The van der Waals surface area contributed by atoms with Crippen LogP contribution in [0.5, 0.6) is 0 Å². The van der Waals surface area contributed by atoms with Gasteiger partial charge in [-0.3, -0.25) is 9.59 Å². The number of likely N-dealkylation sites (tertiary alicyclic amines) is 1. The number of rotatable bonds is 1. The molecule has 1 aliphatic rings. The molecular weight excluding hydrogens is 182 g/mol. The predicted octanol–water partition coefficient (Wildman–Crippen LogP) is -0.928. The van der Waals surface area contributed by atoms with E-state index in [9.17, 15) is 9.59 Å². The average Bonchev–Trinajstić information content (AvgIpc) is 2.18. The van der Waals surface area contributed by atoms with E-state index in [0.717, 1.165) is 12.8 Å². The number of amides is 2. The Morgan fingerprint density at radius 1 is 1.43 bits per heavy atom. The van der Waals surface area contributed by atoms with Crippen molar-refractivity contribution in [2.75, 3.05) is 19.6 Å². The maximum atomic E-state index is 11.5. The van der Waals surface area contributed by atoms with Crippen molar-refractivity contribution in [3.05, 3.63) is 0 Å². The Labute approximate surface area is 83.6 Å². The van der Waals surface area contributed by atoms with Crippen LogP contribution in [0.15, 0.2) is 0 Å². The van der Waals surface area contributed by atoms with Crippen LogP contribution in [0.1, 0.15) is 19.8 Å². The summed E-state index contributed by atoms with van der Waals surface area (Å²) in [6, 6.07) is 0.174. The molecule has 0 saturated carbocycles. The van der Waals surface area contributed by atoms with E-state index in [2.05, 4.69) is 5.32 Å². The number of nitrogens with zero attached hydrogens (tertiary/aromatic N) is 1. The van der Waals surface area contributed by atoms with Crippen LogP contribution in [-0.2, 0) is 9.59 Å². The van der Waals surface area contributed by atoms with E-state index >= 15 is 0 Å². The van der Waals surface area contributed by atoms with E-state index < -0.39 is 11.8 Å². The van der Waals surface area contributed by atoms with Crippen molar-refractivity contribution < 1.29 is 9.59 Å². The minimum absolute atomic E-state index is 0.174. The van der Waals surface area contributed by atoms with E-state index in [1.54, 1.807) is 11.8 Å². The lowest BCUT2D eigenvalue weighted by Crippen LogP contribution is -2.48. The van der Waals surface area contributed by atoms with Gasteiger partial charge in [-0.15, -0.1) is 0 Å². The Morgan fingerprint density at radius 3 is 2.50 bits per heavy atom. The molecule has 3 N–H and O–H groups in total. The highest BCUT2D eigenvalue weighted by Gasteiger charge is 2.24. The van der Waals surface area contributed by atoms with Crippen molar-refractivity contribution in [1.29, 1.82) is 0 Å². The molecule has 0 aromatic carbocycles. The van der Waals surface area contributed by atoms with Gasteiger partial charge in [-0.2, -0.15) is 0 Å². The zero-order chi connectivity index (χ0) is 10.6. The SMILES string of the molecule is CCNC(=O)C(=O)N1CCC(N)CC1. The van der Waals surface area contributed by atoms with Gasteiger partial charge in [0.15, 0.2) is 0 Å². The summed E-state index contributed by atoms with van der Waals surface area (Å²) in [6.45, 7) is 3.46. The highest BCUT2D eigenvalue weighted by molar-refractivity contribution is 6.35. The van der Waals surface area contributed by atoms with Gasteiger partial charge < -0.3 is 16.0 Å². The summed E-state index contributed by atoms with van der Waals surface area (Å²) in [7, 11) is 0. The summed E-state index contributed by atoms with van der Waals surface area (Å²) in [4.78, 5) is 24.2. The van der Waals surface area contributed by atoms with Crippen LogP contribution in [0.4, 0.5) is 0 Å². The van der Waals surface area contributed by atoms with Crippen molar-refractivity contribution in [2.24, 2.45) is 5.73 Å². The predicted molar refractivity (Wildman–Crippen MR) is 52.5 cm³/mol. The molecule has 1 aliphatic heterocycles. The minimum Gasteiger partial charge on any atom is -0.348 e. The highest BCUT2D eigenvalue weighted by atomic mass is 16.2. The van der Waals surface area contributed by atoms with Crippen molar-refractivity contribution in [3.63, 3.8) is 0 Å². The number of carbonyl (C=O) groups is 2. The number of hydrogen-bond donors (Lipinski definition) is 2. The lowest BCUT2D eigenvalue weighted by Gasteiger charge is -2.29. The van der Waals surface area contributed by atoms with Gasteiger partial charge in [-0.05, 0) is 19.8 Å².